The maximum atomic E-state index is 14.8. The first-order valence-electron chi connectivity index (χ1n) is 11.5. The van der Waals surface area contributed by atoms with Crippen molar-refractivity contribution in [1.29, 1.82) is 0 Å². The molecule has 1 N–H and O–H groups in total. The van der Waals surface area contributed by atoms with E-state index in [0.29, 0.717) is 27.3 Å². The number of benzene rings is 3. The van der Waals surface area contributed by atoms with Gasteiger partial charge in [0.15, 0.2) is 6.29 Å². The lowest BCUT2D eigenvalue weighted by atomic mass is 9.98. The predicted octanol–water partition coefficient (Wildman–Crippen LogP) is 6.53. The number of amides is 1. The van der Waals surface area contributed by atoms with Crippen LogP contribution in [0.2, 0.25) is 0 Å². The Labute approximate surface area is 212 Å². The van der Waals surface area contributed by atoms with Gasteiger partial charge < -0.3 is 10.1 Å². The molecule has 0 radical (unpaired) electrons. The highest BCUT2D eigenvalue weighted by atomic mass is 32.2. The molecule has 0 saturated heterocycles. The van der Waals surface area contributed by atoms with Crippen molar-refractivity contribution in [2.24, 2.45) is 0 Å². The minimum Gasteiger partial charge on any atom is -0.449 e. The van der Waals surface area contributed by atoms with Crippen LogP contribution in [0.15, 0.2) is 88.9 Å². The Bertz CT molecular complexity index is 1410. The third kappa shape index (κ3) is 4.62. The fraction of sp³-hybridized carbons (Fsp3) is 0.138. The number of nitrogens with one attached hydrogen (secondary N) is 1. The Hall–Kier alpha value is -3.97. The number of hydrogen-bond acceptors (Lipinski definition) is 5. The summed E-state index contributed by atoms with van der Waals surface area (Å²) in [5.74, 6) is -0.492. The third-order valence-electron chi connectivity index (χ3n) is 6.33. The van der Waals surface area contributed by atoms with Gasteiger partial charge in [0.25, 0.3) is 0 Å². The maximum absolute atomic E-state index is 14.8. The predicted molar refractivity (Wildman–Crippen MR) is 137 cm³/mol. The Morgan fingerprint density at radius 2 is 1.72 bits per heavy atom. The highest BCUT2D eigenvalue weighted by Crippen LogP contribution is 2.44. The van der Waals surface area contributed by atoms with E-state index in [1.807, 2.05) is 31.2 Å². The van der Waals surface area contributed by atoms with Gasteiger partial charge in [-0.25, -0.2) is 14.2 Å². The zero-order chi connectivity index (χ0) is 25.1. The molecule has 180 valence electrons. The number of aryl methyl sites for hydroxylation is 1. The summed E-state index contributed by atoms with van der Waals surface area (Å²) in [6, 6.07) is 22.6. The van der Waals surface area contributed by atoms with Crippen LogP contribution in [-0.2, 0) is 11.3 Å². The van der Waals surface area contributed by atoms with E-state index in [-0.39, 0.29) is 19.1 Å². The van der Waals surface area contributed by atoms with Crippen molar-refractivity contribution < 1.29 is 18.7 Å². The van der Waals surface area contributed by atoms with E-state index >= 15 is 0 Å². The van der Waals surface area contributed by atoms with Crippen LogP contribution in [0.3, 0.4) is 0 Å². The van der Waals surface area contributed by atoms with Crippen LogP contribution in [0.4, 0.5) is 9.18 Å². The molecule has 1 aliphatic rings. The maximum Gasteiger partial charge on any atom is 0.407 e. The molecule has 5 nitrogen and oxygen atoms in total. The van der Waals surface area contributed by atoms with Crippen molar-refractivity contribution in [2.45, 2.75) is 29.3 Å². The first kappa shape index (κ1) is 23.8. The molecule has 0 unspecified atom stereocenters. The first-order valence-corrected chi connectivity index (χ1v) is 12.3. The first-order chi connectivity index (χ1) is 17.6. The van der Waals surface area contributed by atoms with Crippen LogP contribution in [0, 0.1) is 12.7 Å². The summed E-state index contributed by atoms with van der Waals surface area (Å²) in [6.07, 6.45) is 1.66. The van der Waals surface area contributed by atoms with E-state index in [1.165, 1.54) is 6.07 Å². The number of ether oxygens (including phenoxy) is 1. The van der Waals surface area contributed by atoms with E-state index in [4.69, 9.17) is 4.74 Å². The summed E-state index contributed by atoms with van der Waals surface area (Å²) in [6.45, 7) is 2.11. The van der Waals surface area contributed by atoms with Gasteiger partial charge in [0.05, 0.1) is 4.90 Å². The zero-order valence-corrected chi connectivity index (χ0v) is 20.3. The number of alkyl carbamates (subject to hydrolysis) is 1. The fourth-order valence-electron chi connectivity index (χ4n) is 4.51. The normalized spacial score (nSPS) is 12.1. The average molecular weight is 499 g/mol. The molecular formula is C29H23FN2O3S. The highest BCUT2D eigenvalue weighted by molar-refractivity contribution is 7.99. The molecule has 7 heteroatoms. The standard InChI is InChI=1S/C29H23FN2O3S/c1-18-12-13-26(30)27(36-28-19(16-33)7-6-14-31-28)24(18)15-32-29(34)35-17-25-22-10-4-2-8-20(22)21-9-3-5-11-23(21)25/h2-14,16,25H,15,17H2,1H3,(H,32,34). The van der Waals surface area contributed by atoms with Crippen molar-refractivity contribution in [3.8, 4) is 11.1 Å². The number of rotatable bonds is 7. The molecule has 1 aliphatic carbocycles. The number of hydrogen-bond donors (Lipinski definition) is 1. The van der Waals surface area contributed by atoms with Crippen LogP contribution in [0.1, 0.15) is 38.5 Å². The lowest BCUT2D eigenvalue weighted by Crippen LogP contribution is -2.26. The van der Waals surface area contributed by atoms with Crippen LogP contribution in [0.25, 0.3) is 11.1 Å². The second kappa shape index (κ2) is 10.3. The molecule has 5 rings (SSSR count). The average Bonchev–Trinajstić information content (AvgIpc) is 3.23. The second-order valence-electron chi connectivity index (χ2n) is 8.47. The van der Waals surface area contributed by atoms with E-state index in [9.17, 15) is 14.0 Å². The van der Waals surface area contributed by atoms with Crippen LogP contribution in [0.5, 0.6) is 0 Å². The molecule has 0 aliphatic heterocycles. The molecule has 0 bridgehead atoms. The van der Waals surface area contributed by atoms with Gasteiger partial charge in [-0.15, -0.1) is 0 Å². The summed E-state index contributed by atoms with van der Waals surface area (Å²) < 4.78 is 20.4. The summed E-state index contributed by atoms with van der Waals surface area (Å²) in [7, 11) is 0. The summed E-state index contributed by atoms with van der Waals surface area (Å²) in [5.41, 5.74) is 6.36. The SMILES string of the molecule is Cc1ccc(F)c(Sc2ncccc2C=O)c1CNC(=O)OCC1c2ccccc2-c2ccccc21. The van der Waals surface area contributed by atoms with E-state index in [1.54, 1.807) is 24.4 Å². The Balaban J connectivity index is 1.29. The number of halogens is 1. The van der Waals surface area contributed by atoms with Crippen molar-refractivity contribution in [1.82, 2.24) is 10.3 Å². The lowest BCUT2D eigenvalue weighted by molar-refractivity contribution is 0.112. The van der Waals surface area contributed by atoms with Crippen LogP contribution >= 0.6 is 11.8 Å². The molecule has 1 heterocycles. The number of nitrogens with zero attached hydrogens (tertiary/aromatic N) is 1. The van der Waals surface area contributed by atoms with Gasteiger partial charge in [-0.1, -0.05) is 66.4 Å². The van der Waals surface area contributed by atoms with Crippen molar-refractivity contribution in [3.63, 3.8) is 0 Å². The molecule has 3 aromatic carbocycles. The fourth-order valence-corrected chi connectivity index (χ4v) is 5.58. The zero-order valence-electron chi connectivity index (χ0n) is 19.5. The topological polar surface area (TPSA) is 68.3 Å². The van der Waals surface area contributed by atoms with Crippen LogP contribution in [-0.4, -0.2) is 24.0 Å². The van der Waals surface area contributed by atoms with Crippen molar-refractivity contribution in [3.05, 3.63) is 113 Å². The van der Waals surface area contributed by atoms with Gasteiger partial charge >= 0.3 is 6.09 Å². The summed E-state index contributed by atoms with van der Waals surface area (Å²) in [5, 5.41) is 3.16. The molecule has 0 spiro atoms. The second-order valence-corrected chi connectivity index (χ2v) is 9.47. The van der Waals surface area contributed by atoms with Gasteiger partial charge in [0.1, 0.15) is 17.5 Å². The van der Waals surface area contributed by atoms with Gasteiger partial charge in [-0.05, 0) is 58.5 Å². The van der Waals surface area contributed by atoms with E-state index in [0.717, 1.165) is 39.6 Å². The Morgan fingerprint density at radius 1 is 1.03 bits per heavy atom. The number of carbonyl (C=O) groups is 2. The monoisotopic (exact) mass is 498 g/mol. The minimum atomic E-state index is -0.581. The van der Waals surface area contributed by atoms with Gasteiger partial charge in [0.2, 0.25) is 0 Å². The van der Waals surface area contributed by atoms with E-state index < -0.39 is 11.9 Å². The molecule has 4 aromatic rings. The molecule has 36 heavy (non-hydrogen) atoms. The van der Waals surface area contributed by atoms with Gasteiger partial charge in [0, 0.05) is 24.2 Å². The molecule has 0 fully saturated rings. The van der Waals surface area contributed by atoms with Crippen molar-refractivity contribution >= 4 is 24.1 Å². The molecule has 0 saturated carbocycles. The summed E-state index contributed by atoms with van der Waals surface area (Å²) >= 11 is 1.07. The number of aldehydes is 1. The van der Waals surface area contributed by atoms with Gasteiger partial charge in [-0.3, -0.25) is 4.79 Å². The van der Waals surface area contributed by atoms with Crippen LogP contribution < -0.4 is 5.32 Å². The Kier molecular flexibility index (Phi) is 6.82. The largest absolute Gasteiger partial charge is 0.449 e. The molecular weight excluding hydrogens is 475 g/mol. The molecule has 0 atom stereocenters. The van der Waals surface area contributed by atoms with Gasteiger partial charge in [-0.2, -0.15) is 0 Å². The van der Waals surface area contributed by atoms with E-state index in [2.05, 4.69) is 34.6 Å². The number of pyridine rings is 1. The number of aromatic nitrogens is 1. The highest BCUT2D eigenvalue weighted by Gasteiger charge is 2.29. The third-order valence-corrected chi connectivity index (χ3v) is 7.51. The Morgan fingerprint density at radius 3 is 2.42 bits per heavy atom. The summed E-state index contributed by atoms with van der Waals surface area (Å²) in [4.78, 5) is 28.6. The molecule has 1 aromatic heterocycles. The minimum absolute atomic E-state index is 0.0453. The number of fused-ring (bicyclic) bond motifs is 3. The lowest BCUT2D eigenvalue weighted by Gasteiger charge is -2.16. The molecule has 1 amide bonds. The smallest absolute Gasteiger partial charge is 0.407 e. The number of carbonyl (C=O) groups excluding carboxylic acids is 2. The quantitative estimate of drug-likeness (QED) is 0.293. The van der Waals surface area contributed by atoms with Crippen molar-refractivity contribution in [2.75, 3.05) is 6.61 Å².